The largest absolute Gasteiger partial charge is 0.468 e. The second kappa shape index (κ2) is 6.86. The Balaban J connectivity index is 2.09. The zero-order valence-electron chi connectivity index (χ0n) is 10.3. The standard InChI is InChI=1S/C12H23NO3/c1-9-3-5-10(6-4-9)16-8-7-11(13)12(14)15-2/h9-11H,3-8,13H2,1-2H3. The lowest BCUT2D eigenvalue weighted by Crippen LogP contribution is -2.33. The van der Waals surface area contributed by atoms with Crippen molar-refractivity contribution in [1.29, 1.82) is 0 Å². The molecule has 1 fully saturated rings. The Morgan fingerprint density at radius 1 is 1.38 bits per heavy atom. The molecule has 16 heavy (non-hydrogen) atoms. The fourth-order valence-corrected chi connectivity index (χ4v) is 2.03. The fraction of sp³-hybridized carbons (Fsp3) is 0.917. The molecule has 1 rings (SSSR count). The third-order valence-corrected chi connectivity index (χ3v) is 3.25. The number of hydrogen-bond donors (Lipinski definition) is 1. The van der Waals surface area contributed by atoms with Crippen molar-refractivity contribution in [3.8, 4) is 0 Å². The van der Waals surface area contributed by atoms with Crippen molar-refractivity contribution in [3.63, 3.8) is 0 Å². The number of hydrogen-bond acceptors (Lipinski definition) is 4. The summed E-state index contributed by atoms with van der Waals surface area (Å²) in [4.78, 5) is 11.0. The third kappa shape index (κ3) is 4.49. The van der Waals surface area contributed by atoms with Crippen LogP contribution in [0.5, 0.6) is 0 Å². The lowest BCUT2D eigenvalue weighted by atomic mass is 9.89. The molecular formula is C12H23NO3. The fourth-order valence-electron chi connectivity index (χ4n) is 2.03. The Morgan fingerprint density at radius 2 is 2.00 bits per heavy atom. The van der Waals surface area contributed by atoms with E-state index in [0.717, 1.165) is 18.8 Å². The highest BCUT2D eigenvalue weighted by molar-refractivity contribution is 5.75. The first-order valence-corrected chi connectivity index (χ1v) is 6.08. The molecule has 0 aliphatic heterocycles. The summed E-state index contributed by atoms with van der Waals surface area (Å²) in [5.74, 6) is 0.470. The van der Waals surface area contributed by atoms with Gasteiger partial charge in [0.2, 0.25) is 0 Å². The Labute approximate surface area is 97.5 Å². The van der Waals surface area contributed by atoms with Crippen molar-refractivity contribution < 1.29 is 14.3 Å². The van der Waals surface area contributed by atoms with Gasteiger partial charge in [-0.15, -0.1) is 0 Å². The van der Waals surface area contributed by atoms with Gasteiger partial charge >= 0.3 is 5.97 Å². The number of nitrogens with two attached hydrogens (primary N) is 1. The van der Waals surface area contributed by atoms with Crippen LogP contribution in [-0.4, -0.2) is 31.8 Å². The molecule has 0 aromatic heterocycles. The maximum Gasteiger partial charge on any atom is 0.322 e. The molecule has 0 amide bonds. The minimum atomic E-state index is -0.549. The van der Waals surface area contributed by atoms with E-state index in [2.05, 4.69) is 11.7 Å². The lowest BCUT2D eigenvalue weighted by molar-refractivity contribution is -0.142. The van der Waals surface area contributed by atoms with Crippen LogP contribution in [0.3, 0.4) is 0 Å². The molecule has 0 bridgehead atoms. The van der Waals surface area contributed by atoms with E-state index in [1.165, 1.54) is 20.0 Å². The number of methoxy groups -OCH3 is 1. The van der Waals surface area contributed by atoms with Crippen LogP contribution >= 0.6 is 0 Å². The number of rotatable bonds is 5. The van der Waals surface area contributed by atoms with Gasteiger partial charge in [0.15, 0.2) is 0 Å². The van der Waals surface area contributed by atoms with Gasteiger partial charge in [0.05, 0.1) is 13.2 Å². The summed E-state index contributed by atoms with van der Waals surface area (Å²) in [6.07, 6.45) is 5.66. The van der Waals surface area contributed by atoms with Crippen LogP contribution in [0, 0.1) is 5.92 Å². The Bertz CT molecular complexity index is 212. The molecule has 4 heteroatoms. The number of esters is 1. The monoisotopic (exact) mass is 229 g/mol. The van der Waals surface area contributed by atoms with Gasteiger partial charge in [-0.3, -0.25) is 4.79 Å². The molecule has 0 aromatic carbocycles. The van der Waals surface area contributed by atoms with Gasteiger partial charge in [-0.1, -0.05) is 6.92 Å². The van der Waals surface area contributed by atoms with Gasteiger partial charge in [-0.2, -0.15) is 0 Å². The van der Waals surface area contributed by atoms with E-state index in [4.69, 9.17) is 10.5 Å². The van der Waals surface area contributed by atoms with Crippen LogP contribution in [0.2, 0.25) is 0 Å². The number of carbonyl (C=O) groups excluding carboxylic acids is 1. The van der Waals surface area contributed by atoms with Crippen LogP contribution in [0.4, 0.5) is 0 Å². The molecule has 0 saturated heterocycles. The molecule has 0 aromatic rings. The topological polar surface area (TPSA) is 61.5 Å². The molecule has 1 saturated carbocycles. The molecule has 0 spiro atoms. The van der Waals surface area contributed by atoms with E-state index in [9.17, 15) is 4.79 Å². The Morgan fingerprint density at radius 3 is 2.56 bits per heavy atom. The summed E-state index contributed by atoms with van der Waals surface area (Å²) in [6, 6.07) is -0.549. The highest BCUT2D eigenvalue weighted by Crippen LogP contribution is 2.25. The minimum Gasteiger partial charge on any atom is -0.468 e. The highest BCUT2D eigenvalue weighted by atomic mass is 16.5. The van der Waals surface area contributed by atoms with Gasteiger partial charge in [0.25, 0.3) is 0 Å². The smallest absolute Gasteiger partial charge is 0.322 e. The van der Waals surface area contributed by atoms with E-state index in [0.29, 0.717) is 19.1 Å². The van der Waals surface area contributed by atoms with E-state index in [1.807, 2.05) is 0 Å². The van der Waals surface area contributed by atoms with Gasteiger partial charge in [0, 0.05) is 6.61 Å². The summed E-state index contributed by atoms with van der Waals surface area (Å²) in [5, 5.41) is 0. The quantitative estimate of drug-likeness (QED) is 0.725. The van der Waals surface area contributed by atoms with Crippen molar-refractivity contribution >= 4 is 5.97 Å². The Hall–Kier alpha value is -0.610. The third-order valence-electron chi connectivity index (χ3n) is 3.25. The molecule has 94 valence electrons. The van der Waals surface area contributed by atoms with Crippen LogP contribution in [0.25, 0.3) is 0 Å². The number of carbonyl (C=O) groups is 1. The zero-order chi connectivity index (χ0) is 12.0. The molecule has 1 aliphatic carbocycles. The van der Waals surface area contributed by atoms with Crippen molar-refractivity contribution in [2.24, 2.45) is 11.7 Å². The van der Waals surface area contributed by atoms with Gasteiger partial charge in [-0.25, -0.2) is 0 Å². The average Bonchev–Trinajstić information content (AvgIpc) is 2.30. The van der Waals surface area contributed by atoms with Crippen molar-refractivity contribution in [1.82, 2.24) is 0 Å². The SMILES string of the molecule is COC(=O)C(N)CCOC1CCC(C)CC1. The predicted molar refractivity (Wildman–Crippen MR) is 62.0 cm³/mol. The van der Waals surface area contributed by atoms with Crippen molar-refractivity contribution in [2.45, 2.75) is 51.2 Å². The maximum absolute atomic E-state index is 11.0. The first-order valence-electron chi connectivity index (χ1n) is 6.08. The van der Waals surface area contributed by atoms with E-state index < -0.39 is 6.04 Å². The average molecular weight is 229 g/mol. The summed E-state index contributed by atoms with van der Waals surface area (Å²) in [5.41, 5.74) is 5.61. The van der Waals surface area contributed by atoms with Crippen molar-refractivity contribution in [3.05, 3.63) is 0 Å². The Kier molecular flexibility index (Phi) is 5.77. The second-order valence-electron chi connectivity index (χ2n) is 4.67. The molecule has 0 radical (unpaired) electrons. The summed E-state index contributed by atoms with van der Waals surface area (Å²) in [7, 11) is 1.35. The zero-order valence-corrected chi connectivity index (χ0v) is 10.3. The van der Waals surface area contributed by atoms with E-state index in [1.54, 1.807) is 0 Å². The van der Waals surface area contributed by atoms with Gasteiger partial charge < -0.3 is 15.2 Å². The summed E-state index contributed by atoms with van der Waals surface area (Å²) < 4.78 is 10.3. The molecule has 2 N–H and O–H groups in total. The number of ether oxygens (including phenoxy) is 2. The van der Waals surface area contributed by atoms with Crippen LogP contribution in [-0.2, 0) is 14.3 Å². The molecule has 0 heterocycles. The second-order valence-corrected chi connectivity index (χ2v) is 4.67. The first-order chi connectivity index (χ1) is 7.63. The highest BCUT2D eigenvalue weighted by Gasteiger charge is 2.19. The molecule has 1 unspecified atom stereocenters. The van der Waals surface area contributed by atoms with Crippen LogP contribution < -0.4 is 5.73 Å². The predicted octanol–water partition coefficient (Wildman–Crippen LogP) is 1.47. The molecule has 4 nitrogen and oxygen atoms in total. The molecule has 1 aliphatic rings. The van der Waals surface area contributed by atoms with Crippen LogP contribution in [0.15, 0.2) is 0 Å². The minimum absolute atomic E-state index is 0.360. The van der Waals surface area contributed by atoms with Crippen molar-refractivity contribution in [2.75, 3.05) is 13.7 Å². The normalized spacial score (nSPS) is 27.4. The van der Waals surface area contributed by atoms with Gasteiger partial charge in [-0.05, 0) is 38.0 Å². The molecular weight excluding hydrogens is 206 g/mol. The van der Waals surface area contributed by atoms with Crippen LogP contribution in [0.1, 0.15) is 39.0 Å². The first kappa shape index (κ1) is 13.5. The lowest BCUT2D eigenvalue weighted by Gasteiger charge is -2.26. The van der Waals surface area contributed by atoms with Gasteiger partial charge in [0.1, 0.15) is 6.04 Å². The summed E-state index contributed by atoms with van der Waals surface area (Å²) in [6.45, 7) is 2.83. The van der Waals surface area contributed by atoms with E-state index in [-0.39, 0.29) is 5.97 Å². The van der Waals surface area contributed by atoms with E-state index >= 15 is 0 Å². The summed E-state index contributed by atoms with van der Waals surface area (Å²) >= 11 is 0. The molecule has 1 atom stereocenters. The maximum atomic E-state index is 11.0.